The molecule has 15 heteroatoms. The van der Waals surface area contributed by atoms with E-state index in [9.17, 15) is 22.8 Å². The summed E-state index contributed by atoms with van der Waals surface area (Å²) in [7, 11) is -3.58. The number of hydrogen-bond acceptors (Lipinski definition) is 11. The van der Waals surface area contributed by atoms with E-state index in [-0.39, 0.29) is 46.0 Å². The molecule has 1 unspecified atom stereocenters. The molecule has 0 radical (unpaired) electrons. The van der Waals surface area contributed by atoms with Crippen LogP contribution in [0.3, 0.4) is 0 Å². The monoisotopic (exact) mass is 813 g/mol. The molecule has 3 N–H and O–H groups in total. The first-order valence-electron chi connectivity index (χ1n) is 19.4. The number of carbonyl (C=O) groups excluding carboxylic acids is 3. The number of rotatable bonds is 12. The number of nitrogens with zero attached hydrogens (tertiary/aromatic N) is 4. The SMILES string of the molecule is Cc1cc(Nc2ncc(Cl)c(Nc3ccccc3S(=O)(=O)C(C)C)n2)c(OC(C)C)cc1C1CCN(Cc2ccc3c(c2)CN(C2CCC(=O)NC2=O)C3=O)CC1. The van der Waals surface area contributed by atoms with Gasteiger partial charge in [-0.1, -0.05) is 35.9 Å². The lowest BCUT2D eigenvalue weighted by molar-refractivity contribution is -0.136. The zero-order valence-corrected chi connectivity index (χ0v) is 34.3. The molecule has 57 heavy (non-hydrogen) atoms. The molecule has 2 saturated heterocycles. The van der Waals surface area contributed by atoms with Crippen LogP contribution in [-0.4, -0.2) is 76.4 Å². The van der Waals surface area contributed by atoms with E-state index >= 15 is 0 Å². The maximum absolute atomic E-state index is 13.2. The smallest absolute Gasteiger partial charge is 0.255 e. The molecule has 0 spiro atoms. The summed E-state index contributed by atoms with van der Waals surface area (Å²) in [5.74, 6) is 0.664. The largest absolute Gasteiger partial charge is 0.489 e. The number of carbonyl (C=O) groups is 3. The predicted octanol–water partition coefficient (Wildman–Crippen LogP) is 7.04. The van der Waals surface area contributed by atoms with E-state index in [0.29, 0.717) is 41.6 Å². The van der Waals surface area contributed by atoms with Gasteiger partial charge in [-0.25, -0.2) is 13.4 Å². The molecule has 3 aliphatic heterocycles. The summed E-state index contributed by atoms with van der Waals surface area (Å²) in [6, 6.07) is 16.2. The number of hydrogen-bond donors (Lipinski definition) is 3. The molecule has 0 saturated carbocycles. The second kappa shape index (κ2) is 16.4. The Morgan fingerprint density at radius 2 is 1.72 bits per heavy atom. The highest BCUT2D eigenvalue weighted by Crippen LogP contribution is 2.39. The number of sulfone groups is 1. The Bertz CT molecular complexity index is 2330. The van der Waals surface area contributed by atoms with Gasteiger partial charge in [-0.2, -0.15) is 4.98 Å². The van der Waals surface area contributed by atoms with E-state index in [1.54, 1.807) is 43.0 Å². The highest BCUT2D eigenvalue weighted by Gasteiger charge is 2.39. The van der Waals surface area contributed by atoms with Gasteiger partial charge in [-0.15, -0.1) is 0 Å². The van der Waals surface area contributed by atoms with Gasteiger partial charge < -0.3 is 20.3 Å². The lowest BCUT2D eigenvalue weighted by Gasteiger charge is -2.33. The molecule has 4 heterocycles. The molecule has 1 aromatic heterocycles. The van der Waals surface area contributed by atoms with Crippen molar-refractivity contribution in [3.8, 4) is 5.75 Å². The second-order valence-electron chi connectivity index (χ2n) is 15.5. The number of imide groups is 1. The third-order valence-electron chi connectivity index (χ3n) is 10.8. The van der Waals surface area contributed by atoms with Crippen LogP contribution < -0.4 is 20.7 Å². The van der Waals surface area contributed by atoms with Gasteiger partial charge in [0.25, 0.3) is 5.91 Å². The molecule has 3 aromatic carbocycles. The Hall–Kier alpha value is -5.05. The van der Waals surface area contributed by atoms with Crippen molar-refractivity contribution in [3.63, 3.8) is 0 Å². The highest BCUT2D eigenvalue weighted by molar-refractivity contribution is 7.92. The van der Waals surface area contributed by atoms with Crippen molar-refractivity contribution in [3.05, 3.63) is 93.6 Å². The average molecular weight is 814 g/mol. The van der Waals surface area contributed by atoms with Gasteiger partial charge in [-0.3, -0.25) is 24.6 Å². The number of anilines is 4. The fourth-order valence-electron chi connectivity index (χ4n) is 7.81. The van der Waals surface area contributed by atoms with E-state index in [1.165, 1.54) is 11.8 Å². The fraction of sp³-hybridized carbons (Fsp3) is 0.405. The number of para-hydroxylation sites is 1. The zero-order chi connectivity index (χ0) is 40.6. The summed E-state index contributed by atoms with van der Waals surface area (Å²) >= 11 is 6.51. The minimum atomic E-state index is -3.58. The number of amides is 3. The van der Waals surface area contributed by atoms with Crippen molar-refractivity contribution in [2.75, 3.05) is 23.7 Å². The number of nitrogens with one attached hydrogen (secondary N) is 3. The minimum absolute atomic E-state index is 0.0931. The van der Waals surface area contributed by atoms with Crippen LogP contribution in [0.4, 0.5) is 23.1 Å². The van der Waals surface area contributed by atoms with Crippen LogP contribution in [0, 0.1) is 6.92 Å². The van der Waals surface area contributed by atoms with E-state index in [2.05, 4.69) is 55.9 Å². The lowest BCUT2D eigenvalue weighted by Crippen LogP contribution is -2.52. The molecule has 4 aromatic rings. The molecule has 2 fully saturated rings. The van der Waals surface area contributed by atoms with Crippen molar-refractivity contribution >= 4 is 62.3 Å². The Morgan fingerprint density at radius 1 is 0.965 bits per heavy atom. The Kier molecular flexibility index (Phi) is 11.6. The fourth-order valence-corrected chi connectivity index (χ4v) is 9.15. The summed E-state index contributed by atoms with van der Waals surface area (Å²) in [6.07, 6.45) is 3.88. The van der Waals surface area contributed by atoms with Crippen LogP contribution in [-0.2, 0) is 32.5 Å². The molecule has 7 rings (SSSR count). The first-order valence-corrected chi connectivity index (χ1v) is 21.3. The number of halogens is 1. The molecule has 3 amide bonds. The van der Waals surface area contributed by atoms with Gasteiger partial charge in [0.1, 0.15) is 16.8 Å². The summed E-state index contributed by atoms with van der Waals surface area (Å²) in [5.41, 5.74) is 6.06. The van der Waals surface area contributed by atoms with E-state index < -0.39 is 27.0 Å². The Morgan fingerprint density at radius 3 is 2.44 bits per heavy atom. The quantitative estimate of drug-likeness (QED) is 0.126. The molecule has 0 bridgehead atoms. The van der Waals surface area contributed by atoms with Gasteiger partial charge in [0, 0.05) is 25.1 Å². The van der Waals surface area contributed by atoms with Crippen LogP contribution in [0.1, 0.15) is 91.9 Å². The predicted molar refractivity (Wildman–Crippen MR) is 219 cm³/mol. The molecule has 0 aliphatic carbocycles. The van der Waals surface area contributed by atoms with E-state index in [1.807, 2.05) is 26.0 Å². The highest BCUT2D eigenvalue weighted by atomic mass is 35.5. The number of benzene rings is 3. The van der Waals surface area contributed by atoms with E-state index in [4.69, 9.17) is 16.3 Å². The van der Waals surface area contributed by atoms with Crippen molar-refractivity contribution < 1.29 is 27.5 Å². The number of piperidine rings is 2. The number of aromatic nitrogens is 2. The molecule has 3 aliphatic rings. The van der Waals surface area contributed by atoms with Crippen LogP contribution in [0.15, 0.2) is 65.7 Å². The number of fused-ring (bicyclic) bond motifs is 1. The molecule has 1 atom stereocenters. The molecular formula is C42H48ClN7O6S. The third-order valence-corrected chi connectivity index (χ3v) is 13.3. The Labute approximate surface area is 338 Å². The number of aryl methyl sites for hydroxylation is 1. The van der Waals surface area contributed by atoms with Gasteiger partial charge in [-0.05, 0) is 125 Å². The second-order valence-corrected chi connectivity index (χ2v) is 18.4. The maximum Gasteiger partial charge on any atom is 0.255 e. The van der Waals surface area contributed by atoms with Crippen LogP contribution >= 0.6 is 11.6 Å². The number of ether oxygens (including phenoxy) is 1. The molecule has 300 valence electrons. The van der Waals surface area contributed by atoms with Gasteiger partial charge in [0.2, 0.25) is 17.8 Å². The summed E-state index contributed by atoms with van der Waals surface area (Å²) in [4.78, 5) is 50.5. The van der Waals surface area contributed by atoms with Gasteiger partial charge in [0.05, 0.1) is 33.8 Å². The summed E-state index contributed by atoms with van der Waals surface area (Å²) in [5, 5.41) is 8.42. The van der Waals surface area contributed by atoms with Crippen molar-refractivity contribution in [2.24, 2.45) is 0 Å². The topological polar surface area (TPSA) is 163 Å². The van der Waals surface area contributed by atoms with Crippen LogP contribution in [0.2, 0.25) is 5.02 Å². The van der Waals surface area contributed by atoms with Crippen molar-refractivity contribution in [1.82, 2.24) is 25.1 Å². The first kappa shape index (κ1) is 40.2. The maximum atomic E-state index is 13.2. The molecule has 13 nitrogen and oxygen atoms in total. The van der Waals surface area contributed by atoms with Crippen molar-refractivity contribution in [1.29, 1.82) is 0 Å². The third kappa shape index (κ3) is 8.63. The number of likely N-dealkylation sites (tertiary alicyclic amines) is 1. The van der Waals surface area contributed by atoms with Gasteiger partial charge >= 0.3 is 0 Å². The summed E-state index contributed by atoms with van der Waals surface area (Å²) in [6.45, 7) is 12.3. The van der Waals surface area contributed by atoms with Crippen LogP contribution in [0.25, 0.3) is 0 Å². The summed E-state index contributed by atoms with van der Waals surface area (Å²) < 4.78 is 32.5. The van der Waals surface area contributed by atoms with Gasteiger partial charge in [0.15, 0.2) is 15.7 Å². The van der Waals surface area contributed by atoms with Crippen molar-refractivity contribution in [2.45, 2.75) is 102 Å². The van der Waals surface area contributed by atoms with E-state index in [0.717, 1.165) is 49.2 Å². The Balaban J connectivity index is 1.02. The minimum Gasteiger partial charge on any atom is -0.489 e. The van der Waals surface area contributed by atoms with Crippen LogP contribution in [0.5, 0.6) is 5.75 Å². The first-order chi connectivity index (χ1) is 27.2. The molecular weight excluding hydrogens is 766 g/mol. The normalized spacial score (nSPS) is 17.9. The lowest BCUT2D eigenvalue weighted by atomic mass is 9.86. The standard InChI is InChI=1S/C42H48ClN7O6S/c1-24(2)56-36-20-31(26(5)18-34(36)46-42-44-21-32(43)39(48-42)45-33-8-6-7-9-37(33)57(54,55)25(3)4)28-14-16-49(17-15-28)22-27-10-11-30-29(19-27)23-50(41(30)53)35-12-13-38(51)47-40(35)52/h6-11,18-21,24-25,28,35H,12-17,22-23H2,1-5H3,(H,47,51,52)(H2,44,45,46,48). The zero-order valence-electron chi connectivity index (χ0n) is 32.8. The average Bonchev–Trinajstić information content (AvgIpc) is 3.49.